The summed E-state index contributed by atoms with van der Waals surface area (Å²) in [7, 11) is 0. The number of rotatable bonds is 7. The lowest BCUT2D eigenvalue weighted by Crippen LogP contribution is -2.37. The lowest BCUT2D eigenvalue weighted by molar-refractivity contribution is 0.0933. The Morgan fingerprint density at radius 2 is 2.00 bits per heavy atom. The van der Waals surface area contributed by atoms with Crippen LogP contribution in [0.25, 0.3) is 0 Å². The highest BCUT2D eigenvalue weighted by Gasteiger charge is 2.25. The number of ether oxygens (including phenoxy) is 1. The lowest BCUT2D eigenvalue weighted by atomic mass is 10.2. The van der Waals surface area contributed by atoms with Crippen molar-refractivity contribution in [3.05, 3.63) is 82.1 Å². The first kappa shape index (κ1) is 19.5. The number of nitrogens with one attached hydrogen (secondary N) is 1. The molecule has 0 radical (unpaired) electrons. The van der Waals surface area contributed by atoms with Crippen LogP contribution in [0.2, 0.25) is 0 Å². The second-order valence-corrected chi connectivity index (χ2v) is 7.99. The number of likely N-dealkylation sites (tertiary alicyclic amines) is 1. The SMILES string of the molecule is O=C(NC1CCN(Cc2ccccc2)C1)c1csc(COc2ccc(F)cc2)n1. The molecule has 1 atom stereocenters. The zero-order chi connectivity index (χ0) is 20.1. The minimum Gasteiger partial charge on any atom is -0.486 e. The van der Waals surface area contributed by atoms with Crippen LogP contribution in [0.4, 0.5) is 4.39 Å². The maximum absolute atomic E-state index is 12.9. The monoisotopic (exact) mass is 411 g/mol. The molecule has 1 aromatic heterocycles. The molecule has 0 spiro atoms. The van der Waals surface area contributed by atoms with Crippen LogP contribution in [-0.4, -0.2) is 34.9 Å². The molecule has 150 valence electrons. The molecule has 5 nitrogen and oxygen atoms in total. The zero-order valence-electron chi connectivity index (χ0n) is 15.9. The Labute approximate surface area is 173 Å². The fourth-order valence-corrected chi connectivity index (χ4v) is 4.04. The van der Waals surface area contributed by atoms with Gasteiger partial charge in [-0.1, -0.05) is 30.3 Å². The van der Waals surface area contributed by atoms with Gasteiger partial charge in [-0.15, -0.1) is 11.3 Å². The second kappa shape index (κ2) is 9.15. The van der Waals surface area contributed by atoms with Crippen molar-refractivity contribution in [2.24, 2.45) is 0 Å². The van der Waals surface area contributed by atoms with E-state index in [-0.39, 0.29) is 24.4 Å². The molecular weight excluding hydrogens is 389 g/mol. The molecule has 0 saturated carbocycles. The number of hydrogen-bond donors (Lipinski definition) is 1. The van der Waals surface area contributed by atoms with Crippen molar-refractivity contribution in [2.45, 2.75) is 25.6 Å². The fraction of sp³-hybridized carbons (Fsp3) is 0.273. The van der Waals surface area contributed by atoms with E-state index in [1.165, 1.54) is 29.0 Å². The van der Waals surface area contributed by atoms with Crippen molar-refractivity contribution >= 4 is 17.2 Å². The minimum absolute atomic E-state index is 0.131. The first-order chi connectivity index (χ1) is 14.2. The van der Waals surface area contributed by atoms with Gasteiger partial charge in [-0.05, 0) is 36.2 Å². The van der Waals surface area contributed by atoms with E-state index >= 15 is 0 Å². The number of carbonyl (C=O) groups is 1. The molecule has 1 amide bonds. The van der Waals surface area contributed by atoms with Gasteiger partial charge in [-0.25, -0.2) is 9.37 Å². The minimum atomic E-state index is -0.306. The largest absolute Gasteiger partial charge is 0.486 e. The fourth-order valence-electron chi connectivity index (χ4n) is 3.35. The normalized spacial score (nSPS) is 16.7. The summed E-state index contributed by atoms with van der Waals surface area (Å²) in [5, 5.41) is 5.54. The molecule has 29 heavy (non-hydrogen) atoms. The van der Waals surface area contributed by atoms with Crippen molar-refractivity contribution in [3.8, 4) is 5.75 Å². The summed E-state index contributed by atoms with van der Waals surface area (Å²) in [6, 6.07) is 16.3. The van der Waals surface area contributed by atoms with Gasteiger partial charge in [0.15, 0.2) is 0 Å². The van der Waals surface area contributed by atoms with Crippen LogP contribution >= 0.6 is 11.3 Å². The summed E-state index contributed by atoms with van der Waals surface area (Å²) in [5.41, 5.74) is 1.69. The van der Waals surface area contributed by atoms with Gasteiger partial charge in [0.05, 0.1) is 0 Å². The molecule has 1 aliphatic rings. The Morgan fingerprint density at radius 1 is 1.21 bits per heavy atom. The van der Waals surface area contributed by atoms with Crippen LogP contribution < -0.4 is 10.1 Å². The van der Waals surface area contributed by atoms with Crippen LogP contribution in [0, 0.1) is 5.82 Å². The zero-order valence-corrected chi connectivity index (χ0v) is 16.7. The van der Waals surface area contributed by atoms with E-state index in [9.17, 15) is 9.18 Å². The molecular formula is C22H22FN3O2S. The highest BCUT2D eigenvalue weighted by atomic mass is 32.1. The van der Waals surface area contributed by atoms with Crippen LogP contribution in [0.5, 0.6) is 5.75 Å². The smallest absolute Gasteiger partial charge is 0.271 e. The van der Waals surface area contributed by atoms with E-state index in [2.05, 4.69) is 27.3 Å². The summed E-state index contributed by atoms with van der Waals surface area (Å²) in [6.07, 6.45) is 0.934. The number of carbonyl (C=O) groups excluding carboxylic acids is 1. The maximum atomic E-state index is 12.9. The van der Waals surface area contributed by atoms with E-state index < -0.39 is 0 Å². The highest BCUT2D eigenvalue weighted by molar-refractivity contribution is 7.09. The quantitative estimate of drug-likeness (QED) is 0.641. The van der Waals surface area contributed by atoms with E-state index in [1.54, 1.807) is 17.5 Å². The second-order valence-electron chi connectivity index (χ2n) is 7.05. The van der Waals surface area contributed by atoms with Gasteiger partial charge in [0.25, 0.3) is 5.91 Å². The molecule has 4 rings (SSSR count). The van der Waals surface area contributed by atoms with Gasteiger partial charge in [-0.2, -0.15) is 0 Å². The summed E-state index contributed by atoms with van der Waals surface area (Å²) in [6.45, 7) is 2.95. The van der Waals surface area contributed by atoms with Gasteiger partial charge in [0.2, 0.25) is 0 Å². The number of hydrogen-bond acceptors (Lipinski definition) is 5. The van der Waals surface area contributed by atoms with Crippen molar-refractivity contribution in [1.82, 2.24) is 15.2 Å². The van der Waals surface area contributed by atoms with E-state index in [0.717, 1.165) is 26.1 Å². The molecule has 1 unspecified atom stereocenters. The predicted octanol–water partition coefficient (Wildman–Crippen LogP) is 3.87. The molecule has 3 aromatic rings. The van der Waals surface area contributed by atoms with E-state index in [4.69, 9.17) is 4.74 Å². The topological polar surface area (TPSA) is 54.5 Å². The average molecular weight is 412 g/mol. The van der Waals surface area contributed by atoms with Crippen molar-refractivity contribution in [2.75, 3.05) is 13.1 Å². The number of benzene rings is 2. The Balaban J connectivity index is 1.25. The number of halogens is 1. The van der Waals surface area contributed by atoms with Gasteiger partial charge in [-0.3, -0.25) is 9.69 Å². The third-order valence-corrected chi connectivity index (χ3v) is 5.64. The lowest BCUT2D eigenvalue weighted by Gasteiger charge is -2.16. The molecule has 1 saturated heterocycles. The summed E-state index contributed by atoms with van der Waals surface area (Å²) < 4.78 is 18.5. The van der Waals surface area contributed by atoms with Crippen LogP contribution in [-0.2, 0) is 13.2 Å². The standard InChI is InChI=1S/C22H22FN3O2S/c23-17-6-8-19(9-7-17)28-14-21-25-20(15-29-21)22(27)24-18-10-11-26(13-18)12-16-4-2-1-3-5-16/h1-9,15,18H,10-14H2,(H,24,27). The third-order valence-electron chi connectivity index (χ3n) is 4.82. The molecule has 2 heterocycles. The Kier molecular flexibility index (Phi) is 6.17. The van der Waals surface area contributed by atoms with Crippen molar-refractivity contribution in [3.63, 3.8) is 0 Å². The number of nitrogens with zero attached hydrogens (tertiary/aromatic N) is 2. The van der Waals surface area contributed by atoms with Crippen LogP contribution in [0.15, 0.2) is 60.0 Å². The van der Waals surface area contributed by atoms with Gasteiger partial charge in [0, 0.05) is 31.1 Å². The molecule has 0 bridgehead atoms. The molecule has 1 N–H and O–H groups in total. The number of thiazole rings is 1. The van der Waals surface area contributed by atoms with Gasteiger partial charge >= 0.3 is 0 Å². The summed E-state index contributed by atoms with van der Waals surface area (Å²) in [4.78, 5) is 19.2. The maximum Gasteiger partial charge on any atom is 0.271 e. The third kappa shape index (κ3) is 5.40. The van der Waals surface area contributed by atoms with Crippen LogP contribution in [0.1, 0.15) is 27.5 Å². The Bertz CT molecular complexity index is 946. The number of amides is 1. The Hall–Kier alpha value is -2.77. The van der Waals surface area contributed by atoms with Gasteiger partial charge < -0.3 is 10.1 Å². The van der Waals surface area contributed by atoms with Crippen LogP contribution in [0.3, 0.4) is 0 Å². The molecule has 2 aromatic carbocycles. The molecule has 1 aliphatic heterocycles. The van der Waals surface area contributed by atoms with Crippen molar-refractivity contribution in [1.29, 1.82) is 0 Å². The number of aromatic nitrogens is 1. The summed E-state index contributed by atoms with van der Waals surface area (Å²) >= 11 is 1.38. The van der Waals surface area contributed by atoms with Gasteiger partial charge in [0.1, 0.15) is 28.9 Å². The van der Waals surface area contributed by atoms with Crippen molar-refractivity contribution < 1.29 is 13.9 Å². The average Bonchev–Trinajstić information content (AvgIpc) is 3.38. The Morgan fingerprint density at radius 3 is 2.79 bits per heavy atom. The molecule has 0 aliphatic carbocycles. The highest BCUT2D eigenvalue weighted by Crippen LogP contribution is 2.17. The first-order valence-electron chi connectivity index (χ1n) is 9.55. The molecule has 1 fully saturated rings. The predicted molar refractivity (Wildman–Crippen MR) is 110 cm³/mol. The van der Waals surface area contributed by atoms with E-state index in [1.807, 2.05) is 18.2 Å². The van der Waals surface area contributed by atoms with E-state index in [0.29, 0.717) is 16.5 Å². The summed E-state index contributed by atoms with van der Waals surface area (Å²) in [5.74, 6) is 0.109. The molecule has 7 heteroatoms. The first-order valence-corrected chi connectivity index (χ1v) is 10.4.